The lowest BCUT2D eigenvalue weighted by molar-refractivity contribution is -1.04. The van der Waals surface area contributed by atoms with Gasteiger partial charge in [0.05, 0.1) is 26.2 Å². The smallest absolute Gasteiger partial charge is 0.116 e. The molecule has 0 radical (unpaired) electrons. The minimum absolute atomic E-state index is 0.554. The molecule has 23 heavy (non-hydrogen) atoms. The molecule has 6 nitrogen and oxygen atoms in total. The lowest BCUT2D eigenvalue weighted by Gasteiger charge is -2.50. The van der Waals surface area contributed by atoms with E-state index in [0.29, 0.717) is 12.1 Å². The second kappa shape index (κ2) is 8.74. The van der Waals surface area contributed by atoms with Crippen LogP contribution in [-0.4, -0.2) is 118 Å². The molecule has 6 heteroatoms. The second-order valence-electron chi connectivity index (χ2n) is 7.82. The Morgan fingerprint density at radius 2 is 1.57 bits per heavy atom. The molecule has 0 aromatic heterocycles. The summed E-state index contributed by atoms with van der Waals surface area (Å²) in [6.07, 6.45) is 0. The molecule has 0 amide bonds. The summed E-state index contributed by atoms with van der Waals surface area (Å²) in [7, 11) is 6.98. The molecule has 2 fully saturated rings. The monoisotopic (exact) mass is 327 g/mol. The van der Waals surface area contributed by atoms with E-state index in [1.807, 2.05) is 0 Å². The Bertz CT molecular complexity index is 352. The average Bonchev–Trinajstić information content (AvgIpc) is 2.64. The third-order valence-electron chi connectivity index (χ3n) is 5.85. The van der Waals surface area contributed by atoms with Crippen LogP contribution in [0, 0.1) is 0 Å². The fourth-order valence-electron chi connectivity index (χ4n) is 3.96. The highest BCUT2D eigenvalue weighted by molar-refractivity contribution is 4.72. The highest BCUT2D eigenvalue weighted by Gasteiger charge is 2.40. The molecule has 2 heterocycles. The number of hydrogen-bond donors (Lipinski definition) is 2. The van der Waals surface area contributed by atoms with E-state index in [0.717, 1.165) is 43.9 Å². The van der Waals surface area contributed by atoms with Gasteiger partial charge in [0.2, 0.25) is 0 Å². The lowest BCUT2D eigenvalue weighted by atomic mass is 10.2. The molecule has 0 aromatic carbocycles. The first-order valence-electron chi connectivity index (χ1n) is 9.34. The first-order chi connectivity index (χ1) is 10.9. The molecule has 0 aliphatic carbocycles. The standard InChI is InChI=1S/C17H39N6/c1-16-14-19-7-6-18-8-9-22(16)23(5)13-12-20(3)10-11-21(4)15-17(23)2/h16-19H,6-15H2,1-5H3/q+1. The largest absolute Gasteiger partial charge is 0.314 e. The van der Waals surface area contributed by atoms with Gasteiger partial charge in [0, 0.05) is 45.8 Å². The fourth-order valence-corrected chi connectivity index (χ4v) is 3.96. The van der Waals surface area contributed by atoms with Gasteiger partial charge in [-0.15, -0.1) is 5.01 Å². The Labute approximate surface area is 143 Å². The number of hydrogen-bond acceptors (Lipinski definition) is 5. The van der Waals surface area contributed by atoms with Crippen LogP contribution in [0.1, 0.15) is 13.8 Å². The van der Waals surface area contributed by atoms with Crippen molar-refractivity contribution in [3.05, 3.63) is 0 Å². The zero-order valence-corrected chi connectivity index (χ0v) is 16.0. The van der Waals surface area contributed by atoms with E-state index in [2.05, 4.69) is 60.4 Å². The van der Waals surface area contributed by atoms with Crippen LogP contribution < -0.4 is 10.6 Å². The minimum atomic E-state index is 0.554. The van der Waals surface area contributed by atoms with Crippen molar-refractivity contribution in [1.29, 1.82) is 0 Å². The minimum Gasteiger partial charge on any atom is -0.314 e. The molecule has 2 rings (SSSR count). The molecule has 136 valence electrons. The zero-order valence-electron chi connectivity index (χ0n) is 16.0. The molecule has 3 atom stereocenters. The number of rotatable bonds is 1. The molecule has 0 saturated carbocycles. The average molecular weight is 328 g/mol. The molecule has 2 N–H and O–H groups in total. The Kier molecular flexibility index (Phi) is 7.25. The maximum absolute atomic E-state index is 3.60. The van der Waals surface area contributed by atoms with Crippen molar-refractivity contribution >= 4 is 0 Å². The maximum Gasteiger partial charge on any atom is 0.116 e. The highest BCUT2D eigenvalue weighted by Crippen LogP contribution is 2.20. The van der Waals surface area contributed by atoms with Crippen molar-refractivity contribution in [3.8, 4) is 0 Å². The molecular formula is C17H39N6+. The van der Waals surface area contributed by atoms with Gasteiger partial charge in [-0.3, -0.25) is 9.80 Å². The molecule has 2 aliphatic heterocycles. The summed E-state index contributed by atoms with van der Waals surface area (Å²) in [6.45, 7) is 16.1. The Morgan fingerprint density at radius 3 is 2.35 bits per heavy atom. The predicted molar refractivity (Wildman–Crippen MR) is 97.4 cm³/mol. The van der Waals surface area contributed by atoms with E-state index in [1.54, 1.807) is 0 Å². The van der Waals surface area contributed by atoms with E-state index in [-0.39, 0.29) is 0 Å². The fraction of sp³-hybridized carbons (Fsp3) is 1.00. The van der Waals surface area contributed by atoms with Gasteiger partial charge in [0.15, 0.2) is 0 Å². The number of likely N-dealkylation sites (N-methyl/N-ethyl adjacent to an activating group) is 3. The molecule has 3 unspecified atom stereocenters. The van der Waals surface area contributed by atoms with E-state index < -0.39 is 0 Å². The van der Waals surface area contributed by atoms with Crippen LogP contribution in [0.25, 0.3) is 0 Å². The number of nitrogens with one attached hydrogen (secondary N) is 2. The normalized spacial score (nSPS) is 38.0. The predicted octanol–water partition coefficient (Wildman–Crippen LogP) is -0.503. The van der Waals surface area contributed by atoms with Crippen molar-refractivity contribution in [2.24, 2.45) is 0 Å². The van der Waals surface area contributed by atoms with Gasteiger partial charge in [-0.1, -0.05) is 0 Å². The van der Waals surface area contributed by atoms with Crippen LogP contribution in [0.15, 0.2) is 0 Å². The maximum atomic E-state index is 3.60. The van der Waals surface area contributed by atoms with Crippen molar-refractivity contribution in [3.63, 3.8) is 0 Å². The second-order valence-corrected chi connectivity index (χ2v) is 7.82. The van der Waals surface area contributed by atoms with Gasteiger partial charge in [0.25, 0.3) is 0 Å². The molecule has 0 bridgehead atoms. The van der Waals surface area contributed by atoms with E-state index in [9.17, 15) is 0 Å². The van der Waals surface area contributed by atoms with Crippen LogP contribution in [0.5, 0.6) is 0 Å². The summed E-state index contributed by atoms with van der Waals surface area (Å²) < 4.78 is 1.04. The number of nitrogens with zero attached hydrogens (tertiary/aromatic N) is 4. The summed E-state index contributed by atoms with van der Waals surface area (Å²) in [5, 5.41) is 9.90. The Morgan fingerprint density at radius 1 is 0.870 bits per heavy atom. The van der Waals surface area contributed by atoms with Crippen molar-refractivity contribution in [1.82, 2.24) is 25.4 Å². The first kappa shape index (κ1) is 19.1. The Hall–Kier alpha value is -0.240. The topological polar surface area (TPSA) is 33.8 Å². The van der Waals surface area contributed by atoms with Gasteiger partial charge < -0.3 is 10.6 Å². The first-order valence-corrected chi connectivity index (χ1v) is 9.34. The quantitative estimate of drug-likeness (QED) is 0.635. The van der Waals surface area contributed by atoms with Gasteiger partial charge in [-0.05, 0) is 27.9 Å². The summed E-state index contributed by atoms with van der Waals surface area (Å²) in [5.74, 6) is 0. The van der Waals surface area contributed by atoms with Gasteiger partial charge in [-0.25, -0.2) is 4.59 Å². The third-order valence-corrected chi connectivity index (χ3v) is 5.85. The third kappa shape index (κ3) is 5.11. The molecule has 2 saturated heterocycles. The molecular weight excluding hydrogens is 288 g/mol. The van der Waals surface area contributed by atoms with Crippen molar-refractivity contribution in [2.45, 2.75) is 25.9 Å². The van der Waals surface area contributed by atoms with Gasteiger partial charge >= 0.3 is 0 Å². The SMILES string of the molecule is CC1CNCCNCCN1[N+]1(C)CCN(C)CCN(C)CC1C. The van der Waals surface area contributed by atoms with Crippen molar-refractivity contribution < 1.29 is 4.59 Å². The van der Waals surface area contributed by atoms with Crippen LogP contribution in [0.4, 0.5) is 0 Å². The van der Waals surface area contributed by atoms with Crippen molar-refractivity contribution in [2.75, 3.05) is 86.6 Å². The van der Waals surface area contributed by atoms with Crippen LogP contribution in [0.2, 0.25) is 0 Å². The van der Waals surface area contributed by atoms with Crippen LogP contribution in [0.3, 0.4) is 0 Å². The number of quaternary nitrogens is 1. The van der Waals surface area contributed by atoms with Crippen LogP contribution >= 0.6 is 0 Å². The summed E-state index contributed by atoms with van der Waals surface area (Å²) in [6, 6.07) is 1.16. The zero-order chi connectivity index (χ0) is 16.9. The lowest BCUT2D eigenvalue weighted by Crippen LogP contribution is -2.69. The highest BCUT2D eigenvalue weighted by atomic mass is 15.8. The summed E-state index contributed by atoms with van der Waals surface area (Å²) in [4.78, 5) is 4.99. The Balaban J connectivity index is 2.20. The van der Waals surface area contributed by atoms with Gasteiger partial charge in [-0.2, -0.15) is 0 Å². The molecule has 0 aromatic rings. The molecule has 0 spiro atoms. The molecule has 2 aliphatic rings. The van der Waals surface area contributed by atoms with E-state index in [4.69, 9.17) is 0 Å². The summed E-state index contributed by atoms with van der Waals surface area (Å²) >= 11 is 0. The van der Waals surface area contributed by atoms with E-state index >= 15 is 0 Å². The summed E-state index contributed by atoms with van der Waals surface area (Å²) in [5.41, 5.74) is 0. The van der Waals surface area contributed by atoms with Gasteiger partial charge in [0.1, 0.15) is 12.6 Å². The van der Waals surface area contributed by atoms with E-state index in [1.165, 1.54) is 26.2 Å². The van der Waals surface area contributed by atoms with Crippen LogP contribution in [-0.2, 0) is 0 Å².